The molecule has 1 saturated carbocycles. The SMILES string of the molecule is C=C(C=C(N=C(C)c1cccs1)c1cccs1)c1cc2c(c3ccccc13)-c1cc3c(cc1C2(C)C)-c1c(cc(-c2cc(C4=CC=CC4)nc(C4=CC=CC5CC45)n2)c2ccccc12)C3(C)C. The topological polar surface area (TPSA) is 38.1 Å². The molecule has 5 aliphatic carbocycles. The van der Waals surface area contributed by atoms with E-state index in [4.69, 9.17) is 21.5 Å². The van der Waals surface area contributed by atoms with Gasteiger partial charge in [-0.05, 0) is 174 Å². The molecule has 3 aromatic heterocycles. The van der Waals surface area contributed by atoms with Crippen LogP contribution < -0.4 is 0 Å². The average Bonchev–Trinajstić information content (AvgIpc) is 3.95. The van der Waals surface area contributed by atoms with E-state index in [1.54, 1.807) is 22.7 Å². The van der Waals surface area contributed by atoms with Crippen molar-refractivity contribution >= 4 is 72.3 Å². The van der Waals surface area contributed by atoms with Gasteiger partial charge >= 0.3 is 0 Å². The fourth-order valence-corrected chi connectivity index (χ4v) is 13.0. The molecule has 8 aromatic rings. The van der Waals surface area contributed by atoms with Crippen LogP contribution in [-0.4, -0.2) is 15.7 Å². The second-order valence-electron chi connectivity index (χ2n) is 20.0. The highest BCUT2D eigenvalue weighted by Gasteiger charge is 2.44. The summed E-state index contributed by atoms with van der Waals surface area (Å²) in [6, 6.07) is 38.7. The third-order valence-electron chi connectivity index (χ3n) is 15.3. The Morgan fingerprint density at radius 3 is 1.97 bits per heavy atom. The smallest absolute Gasteiger partial charge is 0.156 e. The summed E-state index contributed by atoms with van der Waals surface area (Å²) in [4.78, 5) is 18.3. The maximum atomic E-state index is 5.47. The lowest BCUT2D eigenvalue weighted by atomic mass is 9.78. The van der Waals surface area contributed by atoms with E-state index < -0.39 is 0 Å². The number of thiophene rings is 2. The van der Waals surface area contributed by atoms with Gasteiger partial charge in [0, 0.05) is 26.8 Å². The van der Waals surface area contributed by atoms with Gasteiger partial charge in [-0.2, -0.15) is 0 Å². The monoisotopic (exact) mass is 899 g/mol. The first-order chi connectivity index (χ1) is 32.5. The molecule has 0 bridgehead atoms. The van der Waals surface area contributed by atoms with Gasteiger partial charge in [0.05, 0.1) is 27.7 Å². The molecule has 0 spiro atoms. The van der Waals surface area contributed by atoms with Gasteiger partial charge in [-0.15, -0.1) is 22.7 Å². The molecule has 3 heterocycles. The molecule has 0 saturated heterocycles. The van der Waals surface area contributed by atoms with E-state index in [0.29, 0.717) is 11.8 Å². The Morgan fingerprint density at radius 2 is 1.30 bits per heavy atom. The zero-order chi connectivity index (χ0) is 45.3. The molecule has 324 valence electrons. The summed E-state index contributed by atoms with van der Waals surface area (Å²) in [5, 5.41) is 9.20. The first kappa shape index (κ1) is 40.5. The van der Waals surface area contributed by atoms with Crippen molar-refractivity contribution in [3.63, 3.8) is 0 Å². The second-order valence-corrected chi connectivity index (χ2v) is 21.9. The summed E-state index contributed by atoms with van der Waals surface area (Å²) in [7, 11) is 0. The van der Waals surface area contributed by atoms with Crippen LogP contribution in [0.2, 0.25) is 0 Å². The van der Waals surface area contributed by atoms with Gasteiger partial charge in [-0.3, -0.25) is 4.99 Å². The van der Waals surface area contributed by atoms with E-state index in [2.05, 4.69) is 191 Å². The standard InChI is InChI=1S/C62H49N3S2/c1-35(28-55(57-25-15-27-67-57)63-36(2)56-24-14-26-66-56)44-30-51-58(41-21-11-9-19-39(41)44)47-32-50-48(33-49(47)61(51,3)4)59-42-22-12-10-20-40(42)46(31-52(59)62(50,5)6)54-34-53(37-16-7-8-17-37)64-60(65-54)43-23-13-18-38-29-45(38)43/h7-16,18-28,30-34,38,45H,1,17,29H2,2-6H3. The van der Waals surface area contributed by atoms with E-state index in [9.17, 15) is 0 Å². The number of benzene rings is 5. The normalized spacial score (nSPS) is 19.2. The number of allylic oxidation sites excluding steroid dienone is 10. The van der Waals surface area contributed by atoms with Crippen LogP contribution in [-0.2, 0) is 10.8 Å². The maximum absolute atomic E-state index is 5.47. The van der Waals surface area contributed by atoms with Crippen LogP contribution in [0, 0.1) is 11.8 Å². The molecule has 2 atom stereocenters. The molecule has 5 aliphatic rings. The van der Waals surface area contributed by atoms with Crippen LogP contribution in [0.25, 0.3) is 77.5 Å². The van der Waals surface area contributed by atoms with Gasteiger partial charge in [-0.1, -0.05) is 131 Å². The predicted octanol–water partition coefficient (Wildman–Crippen LogP) is 16.7. The molecule has 0 N–H and O–H groups in total. The summed E-state index contributed by atoms with van der Waals surface area (Å²) < 4.78 is 0. The molecule has 0 amide bonds. The summed E-state index contributed by atoms with van der Waals surface area (Å²) in [6.07, 6.45) is 17.7. The van der Waals surface area contributed by atoms with E-state index in [1.165, 1.54) is 94.1 Å². The Bertz CT molecular complexity index is 3660. The van der Waals surface area contributed by atoms with Gasteiger partial charge in [0.15, 0.2) is 5.82 Å². The van der Waals surface area contributed by atoms with Gasteiger partial charge < -0.3 is 0 Å². The fourth-order valence-electron chi connectivity index (χ4n) is 11.6. The summed E-state index contributed by atoms with van der Waals surface area (Å²) in [6.45, 7) is 16.5. The zero-order valence-electron chi connectivity index (χ0n) is 38.4. The largest absolute Gasteiger partial charge is 0.251 e. The molecule has 0 aliphatic heterocycles. The van der Waals surface area contributed by atoms with Crippen molar-refractivity contribution in [1.82, 2.24) is 9.97 Å². The summed E-state index contributed by atoms with van der Waals surface area (Å²) >= 11 is 3.43. The van der Waals surface area contributed by atoms with Crippen molar-refractivity contribution in [2.24, 2.45) is 16.8 Å². The van der Waals surface area contributed by atoms with Crippen molar-refractivity contribution in [2.45, 2.75) is 58.3 Å². The van der Waals surface area contributed by atoms with Gasteiger partial charge in [-0.25, -0.2) is 9.97 Å². The molecule has 3 nitrogen and oxygen atoms in total. The molecule has 5 aromatic carbocycles. The van der Waals surface area contributed by atoms with E-state index in [-0.39, 0.29) is 10.8 Å². The third-order valence-corrected chi connectivity index (χ3v) is 17.2. The zero-order valence-corrected chi connectivity index (χ0v) is 40.1. The highest BCUT2D eigenvalue weighted by molar-refractivity contribution is 7.12. The molecule has 2 unspecified atom stereocenters. The maximum Gasteiger partial charge on any atom is 0.156 e. The van der Waals surface area contributed by atoms with E-state index >= 15 is 0 Å². The van der Waals surface area contributed by atoms with Gasteiger partial charge in [0.2, 0.25) is 0 Å². The Balaban J connectivity index is 0.962. The number of fused-ring (bicyclic) bond motifs is 11. The minimum atomic E-state index is -0.269. The van der Waals surface area contributed by atoms with E-state index in [0.717, 1.165) is 51.1 Å². The van der Waals surface area contributed by atoms with E-state index in [1.807, 2.05) is 0 Å². The predicted molar refractivity (Wildman–Crippen MR) is 286 cm³/mol. The lowest BCUT2D eigenvalue weighted by Crippen LogP contribution is -2.17. The van der Waals surface area contributed by atoms with Crippen LogP contribution in [0.1, 0.15) is 96.6 Å². The lowest BCUT2D eigenvalue weighted by Gasteiger charge is -2.24. The van der Waals surface area contributed by atoms with Crippen LogP contribution in [0.5, 0.6) is 0 Å². The minimum Gasteiger partial charge on any atom is -0.251 e. The number of aliphatic imine (C=N–C) groups is 1. The van der Waals surface area contributed by atoms with Crippen molar-refractivity contribution in [3.05, 3.63) is 212 Å². The van der Waals surface area contributed by atoms with Crippen LogP contribution in [0.15, 0.2) is 168 Å². The molecular weight excluding hydrogens is 851 g/mol. The summed E-state index contributed by atoms with van der Waals surface area (Å²) in [5.74, 6) is 2.00. The van der Waals surface area contributed by atoms with Crippen molar-refractivity contribution in [1.29, 1.82) is 0 Å². The number of aromatic nitrogens is 2. The molecule has 13 rings (SSSR count). The number of hydrogen-bond donors (Lipinski definition) is 0. The average molecular weight is 900 g/mol. The van der Waals surface area contributed by atoms with Crippen molar-refractivity contribution in [3.8, 4) is 33.5 Å². The highest BCUT2D eigenvalue weighted by Crippen LogP contribution is 2.60. The fraction of sp³-hybridized carbons (Fsp3) is 0.177. The van der Waals surface area contributed by atoms with Crippen molar-refractivity contribution < 1.29 is 0 Å². The first-order valence-electron chi connectivity index (χ1n) is 23.5. The molecule has 5 heteroatoms. The van der Waals surface area contributed by atoms with Crippen molar-refractivity contribution in [2.75, 3.05) is 0 Å². The first-order valence-corrected chi connectivity index (χ1v) is 25.3. The quantitative estimate of drug-likeness (QED) is 0.113. The number of hydrogen-bond acceptors (Lipinski definition) is 5. The van der Waals surface area contributed by atoms with Gasteiger partial charge in [0.25, 0.3) is 0 Å². The number of nitrogens with zero attached hydrogens (tertiary/aromatic N) is 3. The van der Waals surface area contributed by atoms with Crippen LogP contribution in [0.4, 0.5) is 0 Å². The Hall–Kier alpha value is -6.79. The number of rotatable bonds is 8. The third kappa shape index (κ3) is 6.24. The lowest BCUT2D eigenvalue weighted by molar-refractivity contribution is 0.652. The molecule has 0 radical (unpaired) electrons. The Morgan fingerprint density at radius 1 is 0.672 bits per heavy atom. The second kappa shape index (κ2) is 14.9. The highest BCUT2D eigenvalue weighted by atomic mass is 32.1. The van der Waals surface area contributed by atoms with Gasteiger partial charge in [0.1, 0.15) is 0 Å². The Kier molecular flexibility index (Phi) is 8.98. The molecule has 1 fully saturated rings. The summed E-state index contributed by atoms with van der Waals surface area (Å²) in [5.41, 5.74) is 20.0. The van der Waals surface area contributed by atoms with Crippen LogP contribution >= 0.6 is 22.7 Å². The Labute approximate surface area is 400 Å². The molecule has 67 heavy (non-hydrogen) atoms. The van der Waals surface area contributed by atoms with Crippen LogP contribution in [0.3, 0.4) is 0 Å². The molecular formula is C62H49N3S2. The minimum absolute atomic E-state index is 0.267.